The molecule has 0 amide bonds. The number of ether oxygens (including phenoxy) is 1. The first kappa shape index (κ1) is 11.4. The summed E-state index contributed by atoms with van der Waals surface area (Å²) in [4.78, 5) is 27.0. The second-order valence-electron chi connectivity index (χ2n) is 4.04. The van der Waals surface area contributed by atoms with Crippen molar-refractivity contribution in [2.75, 3.05) is 0 Å². The van der Waals surface area contributed by atoms with E-state index >= 15 is 0 Å². The van der Waals surface area contributed by atoms with Crippen LogP contribution in [0.25, 0.3) is 22.6 Å². The summed E-state index contributed by atoms with van der Waals surface area (Å²) in [6.07, 6.45) is 0. The Morgan fingerprint density at radius 3 is 2.84 bits per heavy atom. The van der Waals surface area contributed by atoms with Crippen molar-refractivity contribution in [1.82, 2.24) is 4.98 Å². The number of rotatable bonds is 1. The van der Waals surface area contributed by atoms with Gasteiger partial charge in [-0.2, -0.15) is 0 Å². The van der Waals surface area contributed by atoms with Gasteiger partial charge in [-0.05, 0) is 12.1 Å². The lowest BCUT2D eigenvalue weighted by Crippen LogP contribution is -2.12. The van der Waals surface area contributed by atoms with E-state index in [0.717, 1.165) is 0 Å². The molecule has 0 atom stereocenters. The minimum absolute atomic E-state index is 0.0435. The molecule has 1 aliphatic carbocycles. The summed E-state index contributed by atoms with van der Waals surface area (Å²) >= 11 is 0. The molecule has 0 unspecified atom stereocenters. The second kappa shape index (κ2) is 4.20. The van der Waals surface area contributed by atoms with Gasteiger partial charge in [-0.3, -0.25) is 9.59 Å². The molecule has 1 heterocycles. The summed E-state index contributed by atoms with van der Waals surface area (Å²) < 4.78 is 10.4. The molecule has 0 fully saturated rings. The molecular formula is C14H9NO4. The lowest BCUT2D eigenvalue weighted by atomic mass is 10.2. The highest BCUT2D eigenvalue weighted by atomic mass is 16.5. The molecule has 2 aliphatic rings. The molecule has 5 nitrogen and oxygen atoms in total. The topological polar surface area (TPSA) is 69.4 Å². The fourth-order valence-electron chi connectivity index (χ4n) is 1.82. The Morgan fingerprint density at radius 2 is 2.05 bits per heavy atom. The predicted molar refractivity (Wildman–Crippen MR) is 68.2 cm³/mol. The van der Waals surface area contributed by atoms with E-state index < -0.39 is 11.4 Å². The maximum atomic E-state index is 11.7. The van der Waals surface area contributed by atoms with E-state index in [1.807, 2.05) is 12.1 Å². The summed E-state index contributed by atoms with van der Waals surface area (Å²) in [7, 11) is 0. The standard InChI is InChI=1S/C14H9NO4/c1-8(16)18-14-6-10-13(7-11(14)17)19-12-5-3-2-4-9(12)15-10/h2-7H,1H3. The van der Waals surface area contributed by atoms with Crippen LogP contribution in [0, 0.1) is 0 Å². The SMILES string of the molecule is CC(=O)Oc1cc2nc3ccccc3oc-2cc1=O. The van der Waals surface area contributed by atoms with Crippen molar-refractivity contribution in [3.05, 3.63) is 46.6 Å². The van der Waals surface area contributed by atoms with Gasteiger partial charge in [0.2, 0.25) is 5.43 Å². The number of benzene rings is 2. The van der Waals surface area contributed by atoms with Crippen LogP contribution in [0.2, 0.25) is 0 Å². The normalized spacial score (nSPS) is 10.8. The van der Waals surface area contributed by atoms with E-state index in [4.69, 9.17) is 9.15 Å². The van der Waals surface area contributed by atoms with Crippen molar-refractivity contribution in [3.8, 4) is 17.2 Å². The number of hydrogen-bond donors (Lipinski definition) is 0. The minimum atomic E-state index is -0.547. The highest BCUT2D eigenvalue weighted by molar-refractivity contribution is 5.77. The number of carbonyl (C=O) groups is 1. The summed E-state index contributed by atoms with van der Waals surface area (Å²) in [5.74, 6) is -0.230. The lowest BCUT2D eigenvalue weighted by molar-refractivity contribution is -0.131. The number of aromatic nitrogens is 1. The number of carbonyl (C=O) groups excluding carboxylic acids is 1. The molecule has 0 saturated carbocycles. The Labute approximate surface area is 107 Å². The largest absolute Gasteiger partial charge is 0.453 e. The van der Waals surface area contributed by atoms with Crippen molar-refractivity contribution in [1.29, 1.82) is 0 Å². The van der Waals surface area contributed by atoms with Crippen LogP contribution < -0.4 is 10.2 Å². The van der Waals surface area contributed by atoms with Gasteiger partial charge in [-0.1, -0.05) is 12.1 Å². The van der Waals surface area contributed by atoms with E-state index in [1.54, 1.807) is 12.1 Å². The summed E-state index contributed by atoms with van der Waals surface area (Å²) in [5, 5.41) is 0. The molecule has 0 aromatic heterocycles. The summed E-state index contributed by atoms with van der Waals surface area (Å²) in [6.45, 7) is 1.24. The van der Waals surface area contributed by atoms with Crippen LogP contribution in [0.4, 0.5) is 0 Å². The molecule has 0 spiro atoms. The third kappa shape index (κ3) is 2.06. The first-order valence-corrected chi connectivity index (χ1v) is 5.65. The van der Waals surface area contributed by atoms with Gasteiger partial charge in [-0.15, -0.1) is 0 Å². The molecule has 1 aromatic rings. The molecule has 0 bridgehead atoms. The second-order valence-corrected chi connectivity index (χ2v) is 4.04. The number of fused-ring (bicyclic) bond motifs is 2. The van der Waals surface area contributed by atoms with Crippen molar-refractivity contribution in [2.45, 2.75) is 6.92 Å². The van der Waals surface area contributed by atoms with E-state index in [9.17, 15) is 9.59 Å². The molecule has 0 radical (unpaired) electrons. The summed E-state index contributed by atoms with van der Waals surface area (Å²) in [6, 6.07) is 9.92. The minimum Gasteiger partial charge on any atom is -0.453 e. The fraction of sp³-hybridized carbons (Fsp3) is 0.0714. The molecule has 0 saturated heterocycles. The van der Waals surface area contributed by atoms with Gasteiger partial charge in [0.15, 0.2) is 17.1 Å². The van der Waals surface area contributed by atoms with Crippen LogP contribution in [0.3, 0.4) is 0 Å². The van der Waals surface area contributed by atoms with Crippen molar-refractivity contribution >= 4 is 17.1 Å². The van der Waals surface area contributed by atoms with Crippen LogP contribution in [-0.2, 0) is 4.79 Å². The first-order valence-electron chi connectivity index (χ1n) is 5.65. The lowest BCUT2D eigenvalue weighted by Gasteiger charge is -2.07. The van der Waals surface area contributed by atoms with Crippen molar-refractivity contribution < 1.29 is 13.9 Å². The van der Waals surface area contributed by atoms with Gasteiger partial charge in [-0.25, -0.2) is 4.98 Å². The third-order valence-electron chi connectivity index (χ3n) is 2.61. The number of hydrogen-bond acceptors (Lipinski definition) is 5. The van der Waals surface area contributed by atoms with E-state index in [-0.39, 0.29) is 5.75 Å². The van der Waals surface area contributed by atoms with Crippen LogP contribution in [0.5, 0.6) is 5.75 Å². The van der Waals surface area contributed by atoms with E-state index in [1.165, 1.54) is 19.1 Å². The Morgan fingerprint density at radius 1 is 1.26 bits per heavy atom. The number of esters is 1. The van der Waals surface area contributed by atoms with Gasteiger partial charge in [0.25, 0.3) is 0 Å². The van der Waals surface area contributed by atoms with Crippen LogP contribution in [-0.4, -0.2) is 11.0 Å². The summed E-state index contributed by atoms with van der Waals surface area (Å²) in [5.41, 5.74) is 1.31. The van der Waals surface area contributed by atoms with Gasteiger partial charge in [0.05, 0.1) is 0 Å². The Kier molecular flexibility index (Phi) is 2.52. The number of para-hydroxylation sites is 2. The maximum absolute atomic E-state index is 11.7. The molecule has 5 heteroatoms. The van der Waals surface area contributed by atoms with Crippen LogP contribution in [0.15, 0.2) is 45.6 Å². The van der Waals surface area contributed by atoms with Crippen LogP contribution >= 0.6 is 0 Å². The van der Waals surface area contributed by atoms with Gasteiger partial charge in [0.1, 0.15) is 11.2 Å². The zero-order valence-electron chi connectivity index (χ0n) is 10.0. The number of nitrogens with zero attached hydrogens (tertiary/aromatic N) is 1. The monoisotopic (exact) mass is 255 g/mol. The zero-order valence-corrected chi connectivity index (χ0v) is 10.0. The highest BCUT2D eigenvalue weighted by Crippen LogP contribution is 2.25. The van der Waals surface area contributed by atoms with Crippen molar-refractivity contribution in [2.24, 2.45) is 0 Å². The van der Waals surface area contributed by atoms with E-state index in [0.29, 0.717) is 22.6 Å². The average Bonchev–Trinajstić information content (AvgIpc) is 2.37. The van der Waals surface area contributed by atoms with Gasteiger partial charge in [0, 0.05) is 19.1 Å². The average molecular weight is 255 g/mol. The molecule has 94 valence electrons. The van der Waals surface area contributed by atoms with Gasteiger partial charge < -0.3 is 9.15 Å². The predicted octanol–water partition coefficient (Wildman–Crippen LogP) is 2.22. The Bertz CT molecular complexity index is 806. The van der Waals surface area contributed by atoms with Crippen LogP contribution in [0.1, 0.15) is 6.92 Å². The quantitative estimate of drug-likeness (QED) is 0.379. The van der Waals surface area contributed by atoms with Crippen molar-refractivity contribution in [3.63, 3.8) is 0 Å². The highest BCUT2D eigenvalue weighted by Gasteiger charge is 2.14. The maximum Gasteiger partial charge on any atom is 0.308 e. The fourth-order valence-corrected chi connectivity index (χ4v) is 1.82. The first-order chi connectivity index (χ1) is 9.13. The third-order valence-corrected chi connectivity index (χ3v) is 2.61. The van der Waals surface area contributed by atoms with E-state index in [2.05, 4.69) is 4.98 Å². The zero-order chi connectivity index (χ0) is 13.4. The Balaban J connectivity index is 2.28. The molecule has 0 N–H and O–H groups in total. The molecule has 1 aliphatic heterocycles. The smallest absolute Gasteiger partial charge is 0.308 e. The molecule has 1 aromatic carbocycles. The van der Waals surface area contributed by atoms with Gasteiger partial charge >= 0.3 is 5.97 Å². The molecular weight excluding hydrogens is 246 g/mol. The molecule has 3 rings (SSSR count). The molecule has 19 heavy (non-hydrogen) atoms. The Hall–Kier alpha value is -2.69.